The zero-order valence-corrected chi connectivity index (χ0v) is 40.2. The van der Waals surface area contributed by atoms with Gasteiger partial charge >= 0.3 is 0 Å². The van der Waals surface area contributed by atoms with E-state index in [0.29, 0.717) is 19.3 Å². The molecule has 0 aliphatic rings. The number of allylic oxidation sites excluding steroid dienone is 4. The molecular weight excluding hydrogens is 793 g/mol. The number of hydrogen-bond donors (Lipinski definition) is 6. The zero-order valence-electron chi connectivity index (χ0n) is 40.2. The lowest BCUT2D eigenvalue weighted by Gasteiger charge is -2.23. The quantitative estimate of drug-likeness (QED) is 0.0151. The number of amides is 5. The van der Waals surface area contributed by atoms with E-state index in [2.05, 4.69) is 59.1 Å². The lowest BCUT2D eigenvalue weighted by Crippen LogP contribution is -2.45. The monoisotopic (exact) mass is 887 g/mol. The van der Waals surface area contributed by atoms with Crippen molar-refractivity contribution in [3.8, 4) is 0 Å². The minimum Gasteiger partial charge on any atom is -0.370 e. The lowest BCUT2D eigenvalue weighted by atomic mass is 10.1. The van der Waals surface area contributed by atoms with Gasteiger partial charge in [0.05, 0.1) is 0 Å². The zero-order chi connectivity index (χ0) is 46.4. The number of aliphatic imine (C=N–C) groups is 1. The predicted molar refractivity (Wildman–Crippen MR) is 262 cm³/mol. The van der Waals surface area contributed by atoms with Crippen LogP contribution in [0.1, 0.15) is 219 Å². The largest absolute Gasteiger partial charge is 0.370 e. The van der Waals surface area contributed by atoms with Gasteiger partial charge in [-0.25, -0.2) is 0 Å². The summed E-state index contributed by atoms with van der Waals surface area (Å²) in [5, 5.41) is 8.48. The Labute approximate surface area is 383 Å². The Morgan fingerprint density at radius 1 is 0.492 bits per heavy atom. The van der Waals surface area contributed by atoms with Gasteiger partial charge < -0.3 is 38.1 Å². The Kier molecular flexibility index (Phi) is 41.9. The molecule has 13 heteroatoms. The van der Waals surface area contributed by atoms with Gasteiger partial charge in [-0.05, 0) is 77.0 Å². The van der Waals surface area contributed by atoms with Crippen LogP contribution in [0.4, 0.5) is 0 Å². The Bertz CT molecular complexity index is 1200. The first-order chi connectivity index (χ1) is 30.6. The van der Waals surface area contributed by atoms with E-state index in [1.165, 1.54) is 103 Å². The van der Waals surface area contributed by atoms with Crippen LogP contribution in [0.25, 0.3) is 0 Å². The molecule has 5 amide bonds. The molecule has 9 N–H and O–H groups in total. The Morgan fingerprint density at radius 2 is 0.889 bits per heavy atom. The smallest absolute Gasteiger partial charge is 0.240 e. The molecule has 0 aliphatic heterocycles. The van der Waals surface area contributed by atoms with Gasteiger partial charge in [0.25, 0.3) is 0 Å². The highest BCUT2D eigenvalue weighted by atomic mass is 16.2. The van der Waals surface area contributed by atoms with Crippen LogP contribution < -0.4 is 33.2 Å². The van der Waals surface area contributed by atoms with Crippen LogP contribution in [0.5, 0.6) is 0 Å². The lowest BCUT2D eigenvalue weighted by molar-refractivity contribution is -0.134. The molecule has 13 nitrogen and oxygen atoms in total. The maximum Gasteiger partial charge on any atom is 0.240 e. The number of guanidine groups is 1. The van der Waals surface area contributed by atoms with E-state index in [-0.39, 0.29) is 75.7 Å². The maximum absolute atomic E-state index is 13.3. The first-order valence-corrected chi connectivity index (χ1v) is 25.4. The summed E-state index contributed by atoms with van der Waals surface area (Å²) in [6, 6.07) is -0.910. The molecule has 364 valence electrons. The van der Waals surface area contributed by atoms with Gasteiger partial charge in [-0.2, -0.15) is 0 Å². The van der Waals surface area contributed by atoms with Gasteiger partial charge in [0.2, 0.25) is 29.5 Å². The van der Waals surface area contributed by atoms with E-state index >= 15 is 0 Å². The molecule has 0 aromatic carbocycles. The number of hydrogen-bond acceptors (Lipinski definition) is 6. The fourth-order valence-corrected chi connectivity index (χ4v) is 7.35. The molecule has 0 saturated carbocycles. The van der Waals surface area contributed by atoms with Crippen LogP contribution in [0, 0.1) is 0 Å². The number of carbonyl (C=O) groups is 5. The van der Waals surface area contributed by atoms with Gasteiger partial charge in [0.15, 0.2) is 5.96 Å². The first kappa shape index (κ1) is 59.1. The van der Waals surface area contributed by atoms with E-state index in [9.17, 15) is 24.0 Å². The molecular formula is C50H94N8O5. The minimum absolute atomic E-state index is 0.0509. The third kappa shape index (κ3) is 41.9. The van der Waals surface area contributed by atoms with Crippen molar-refractivity contribution in [1.82, 2.24) is 20.9 Å². The number of nitrogens with zero attached hydrogens (tertiary/aromatic N) is 2. The third-order valence-electron chi connectivity index (χ3n) is 11.3. The van der Waals surface area contributed by atoms with Crippen LogP contribution in [-0.4, -0.2) is 79.2 Å². The topological polar surface area (TPSA) is 215 Å². The number of nitrogens with one attached hydrogen (secondary N) is 3. The Hall–Kier alpha value is -3.90. The van der Waals surface area contributed by atoms with Gasteiger partial charge in [-0.3, -0.25) is 29.0 Å². The maximum atomic E-state index is 13.3. The van der Waals surface area contributed by atoms with E-state index in [1.54, 1.807) is 4.90 Å². The van der Waals surface area contributed by atoms with Crippen molar-refractivity contribution < 1.29 is 24.0 Å². The highest BCUT2D eigenvalue weighted by molar-refractivity contribution is 5.88. The van der Waals surface area contributed by atoms with Crippen molar-refractivity contribution in [3.05, 3.63) is 24.3 Å². The van der Waals surface area contributed by atoms with E-state index < -0.39 is 17.9 Å². The molecule has 0 unspecified atom stereocenters. The summed E-state index contributed by atoms with van der Waals surface area (Å²) in [4.78, 5) is 68.7. The normalized spacial score (nSPS) is 11.8. The Morgan fingerprint density at radius 3 is 1.29 bits per heavy atom. The SMILES string of the molecule is CCCCCCCC/C=C\CCCCCCCC(=O)NCCN(CCNC(=O)CCCCCCC/C=C\CCCCCCCC)C(=O)CCC(=O)N[C@@H](CCCN=C(N)N)C(N)=O. The van der Waals surface area contributed by atoms with E-state index in [4.69, 9.17) is 17.2 Å². The number of primary amides is 1. The fourth-order valence-electron chi connectivity index (χ4n) is 7.35. The van der Waals surface area contributed by atoms with Crippen LogP contribution in [0.3, 0.4) is 0 Å². The molecule has 0 aromatic rings. The van der Waals surface area contributed by atoms with Crippen LogP contribution in [-0.2, 0) is 24.0 Å². The van der Waals surface area contributed by atoms with Gasteiger partial charge in [-0.15, -0.1) is 0 Å². The number of carbonyl (C=O) groups excluding carboxylic acids is 5. The highest BCUT2D eigenvalue weighted by Crippen LogP contribution is 2.12. The molecule has 0 spiro atoms. The second-order valence-electron chi connectivity index (χ2n) is 17.2. The summed E-state index contributed by atoms with van der Waals surface area (Å²) in [7, 11) is 0. The number of rotatable bonds is 45. The molecule has 0 rings (SSSR count). The summed E-state index contributed by atoms with van der Waals surface area (Å²) in [5.41, 5.74) is 16.2. The highest BCUT2D eigenvalue weighted by Gasteiger charge is 2.20. The molecule has 0 radical (unpaired) electrons. The van der Waals surface area contributed by atoms with Crippen molar-refractivity contribution in [2.24, 2.45) is 22.2 Å². The number of unbranched alkanes of at least 4 members (excludes halogenated alkanes) is 22. The van der Waals surface area contributed by atoms with Crippen molar-refractivity contribution in [1.29, 1.82) is 0 Å². The van der Waals surface area contributed by atoms with E-state index in [0.717, 1.165) is 64.2 Å². The van der Waals surface area contributed by atoms with Gasteiger partial charge in [0, 0.05) is 58.4 Å². The van der Waals surface area contributed by atoms with Crippen molar-refractivity contribution in [2.75, 3.05) is 32.7 Å². The van der Waals surface area contributed by atoms with E-state index in [1.807, 2.05) is 0 Å². The molecule has 1 atom stereocenters. The average molecular weight is 887 g/mol. The van der Waals surface area contributed by atoms with Crippen LogP contribution >= 0.6 is 0 Å². The standard InChI is InChI=1S/C50H94N8O5/c1-3-5-7-9-11-13-15-17-19-21-23-25-27-29-31-35-45(59)54-40-42-58(48(62)38-37-47(61)57-44(49(51)63)34-33-39-56-50(52)53)43-41-55-46(60)36-32-30-28-26-24-22-20-18-16-14-12-10-8-6-4-2/h17-20,44H,3-16,21-43H2,1-2H3,(H2,51,63)(H,54,59)(H,55,60)(H,57,61)(H4,52,53,56)/b19-17-,20-18-/t44-/m0/s1. The van der Waals surface area contributed by atoms with Crippen molar-refractivity contribution in [3.63, 3.8) is 0 Å². The summed E-state index contributed by atoms with van der Waals surface area (Å²) in [6.07, 6.45) is 41.7. The average Bonchev–Trinajstić information content (AvgIpc) is 3.25. The van der Waals surface area contributed by atoms with Crippen molar-refractivity contribution in [2.45, 2.75) is 225 Å². The molecule has 0 fully saturated rings. The van der Waals surface area contributed by atoms with Crippen LogP contribution in [0.2, 0.25) is 0 Å². The Balaban J connectivity index is 4.63. The van der Waals surface area contributed by atoms with Crippen LogP contribution in [0.15, 0.2) is 29.3 Å². The molecule has 0 aromatic heterocycles. The minimum atomic E-state index is -0.910. The van der Waals surface area contributed by atoms with Gasteiger partial charge in [0.1, 0.15) is 6.04 Å². The molecule has 0 aliphatic carbocycles. The predicted octanol–water partition coefficient (Wildman–Crippen LogP) is 8.93. The summed E-state index contributed by atoms with van der Waals surface area (Å²) >= 11 is 0. The third-order valence-corrected chi connectivity index (χ3v) is 11.3. The second-order valence-corrected chi connectivity index (χ2v) is 17.2. The van der Waals surface area contributed by atoms with Crippen molar-refractivity contribution >= 4 is 35.5 Å². The summed E-state index contributed by atoms with van der Waals surface area (Å²) in [5.74, 6) is -1.61. The summed E-state index contributed by atoms with van der Waals surface area (Å²) in [6.45, 7) is 5.82. The molecule has 0 heterocycles. The first-order valence-electron chi connectivity index (χ1n) is 25.4. The number of nitrogens with two attached hydrogens (primary N) is 3. The molecule has 0 saturated heterocycles. The van der Waals surface area contributed by atoms with Gasteiger partial charge in [-0.1, -0.05) is 141 Å². The summed E-state index contributed by atoms with van der Waals surface area (Å²) < 4.78 is 0. The fraction of sp³-hybridized carbons (Fsp3) is 0.800. The molecule has 63 heavy (non-hydrogen) atoms. The molecule has 0 bridgehead atoms. The second kappa shape index (κ2) is 44.7.